The number of carbonyl (C=O) groups is 2. The van der Waals surface area contributed by atoms with Crippen LogP contribution in [-0.2, 0) is 16.0 Å². The van der Waals surface area contributed by atoms with Gasteiger partial charge in [0.15, 0.2) is 5.78 Å². The summed E-state index contributed by atoms with van der Waals surface area (Å²) in [4.78, 5) is 26.2. The van der Waals surface area contributed by atoms with Gasteiger partial charge in [-0.3, -0.25) is 9.59 Å². The average Bonchev–Trinajstić information content (AvgIpc) is 2.75. The fourth-order valence-electron chi connectivity index (χ4n) is 4.34. The van der Waals surface area contributed by atoms with Gasteiger partial charge in [0.1, 0.15) is 11.6 Å². The van der Waals surface area contributed by atoms with E-state index in [0.717, 1.165) is 48.2 Å². The minimum Gasteiger partial charge on any atom is -0.362 e. The highest BCUT2D eigenvalue weighted by Crippen LogP contribution is 2.42. The van der Waals surface area contributed by atoms with E-state index in [2.05, 4.69) is 17.6 Å². The highest BCUT2D eigenvalue weighted by atomic mass is 19.1. The van der Waals surface area contributed by atoms with E-state index in [1.165, 1.54) is 6.07 Å². The molecule has 1 amide bonds. The van der Waals surface area contributed by atoms with Gasteiger partial charge in [-0.25, -0.2) is 8.78 Å². The fourth-order valence-corrected chi connectivity index (χ4v) is 4.34. The molecule has 6 heteroatoms. The van der Waals surface area contributed by atoms with Gasteiger partial charge in [-0.1, -0.05) is 31.2 Å². The van der Waals surface area contributed by atoms with Crippen molar-refractivity contribution in [1.29, 1.82) is 0 Å². The van der Waals surface area contributed by atoms with Crippen LogP contribution in [0.15, 0.2) is 65.0 Å². The summed E-state index contributed by atoms with van der Waals surface area (Å²) in [7, 11) is 0. The molecular weight excluding hydrogens is 398 g/mol. The summed E-state index contributed by atoms with van der Waals surface area (Å²) in [6.07, 6.45) is 2.82. The van der Waals surface area contributed by atoms with E-state index in [9.17, 15) is 18.4 Å². The molecule has 2 aliphatic rings. The standard InChI is InChI=1S/C25H24F2N2O2/c1-3-15-7-9-16(10-8-15)23-22(14(2)28-20-5-4-6-21(30)24(20)23)25(31)29-19-12-11-17(26)13-18(19)27/h7-13,23,28H,3-6H2,1-2H3,(H,29,31). The SMILES string of the molecule is CCc1ccc(C2C(C(=O)Nc3ccc(F)cc3F)=C(C)NC3=C2C(=O)CCC3)cc1. The van der Waals surface area contributed by atoms with Crippen LogP contribution in [0.25, 0.3) is 0 Å². The van der Waals surface area contributed by atoms with Crippen molar-refractivity contribution >= 4 is 17.4 Å². The zero-order chi connectivity index (χ0) is 22.1. The minimum atomic E-state index is -0.854. The summed E-state index contributed by atoms with van der Waals surface area (Å²) in [6.45, 7) is 3.84. The van der Waals surface area contributed by atoms with Gasteiger partial charge in [0.05, 0.1) is 5.69 Å². The molecule has 1 aliphatic heterocycles. The predicted molar refractivity (Wildman–Crippen MR) is 115 cm³/mol. The van der Waals surface area contributed by atoms with Crippen LogP contribution >= 0.6 is 0 Å². The number of amides is 1. The Hall–Kier alpha value is -3.28. The first kappa shape index (κ1) is 21.0. The van der Waals surface area contributed by atoms with Crippen LogP contribution in [0.4, 0.5) is 14.5 Å². The van der Waals surface area contributed by atoms with Gasteiger partial charge in [0, 0.05) is 40.9 Å². The van der Waals surface area contributed by atoms with Gasteiger partial charge in [-0.05, 0) is 49.4 Å². The number of ketones is 1. The molecule has 0 bridgehead atoms. The molecule has 0 radical (unpaired) electrons. The number of carbonyl (C=O) groups excluding carboxylic acids is 2. The van der Waals surface area contributed by atoms with E-state index in [1.807, 2.05) is 24.3 Å². The Morgan fingerprint density at radius 3 is 2.55 bits per heavy atom. The summed E-state index contributed by atoms with van der Waals surface area (Å²) >= 11 is 0. The second-order valence-corrected chi connectivity index (χ2v) is 7.94. The molecular formula is C25H24F2N2O2. The van der Waals surface area contributed by atoms with Crippen molar-refractivity contribution in [3.63, 3.8) is 0 Å². The first-order chi connectivity index (χ1) is 14.9. The van der Waals surface area contributed by atoms with E-state index in [0.29, 0.717) is 23.3 Å². The monoisotopic (exact) mass is 422 g/mol. The summed E-state index contributed by atoms with van der Waals surface area (Å²) < 4.78 is 27.4. The molecule has 31 heavy (non-hydrogen) atoms. The molecule has 1 unspecified atom stereocenters. The van der Waals surface area contributed by atoms with E-state index in [4.69, 9.17) is 0 Å². The first-order valence-electron chi connectivity index (χ1n) is 10.5. The quantitative estimate of drug-likeness (QED) is 0.718. The van der Waals surface area contributed by atoms with Gasteiger partial charge in [0.25, 0.3) is 5.91 Å². The van der Waals surface area contributed by atoms with Crippen LogP contribution in [0.1, 0.15) is 50.2 Å². The summed E-state index contributed by atoms with van der Waals surface area (Å²) in [6, 6.07) is 10.9. The summed E-state index contributed by atoms with van der Waals surface area (Å²) in [5.41, 5.74) is 4.32. The van der Waals surface area contributed by atoms with Crippen LogP contribution in [0.5, 0.6) is 0 Å². The summed E-state index contributed by atoms with van der Waals surface area (Å²) in [5, 5.41) is 5.79. The van der Waals surface area contributed by atoms with Gasteiger partial charge >= 0.3 is 0 Å². The van der Waals surface area contributed by atoms with Gasteiger partial charge < -0.3 is 10.6 Å². The number of anilines is 1. The molecule has 4 rings (SSSR count). The molecule has 2 aromatic rings. The Labute approximate surface area is 180 Å². The highest BCUT2D eigenvalue weighted by molar-refractivity contribution is 6.09. The normalized spacial score (nSPS) is 18.6. The number of allylic oxidation sites excluding steroid dienone is 3. The lowest BCUT2D eigenvalue weighted by Gasteiger charge is -2.34. The zero-order valence-corrected chi connectivity index (χ0v) is 17.5. The minimum absolute atomic E-state index is 0.0177. The molecule has 160 valence electrons. The molecule has 4 nitrogen and oxygen atoms in total. The Bertz CT molecular complexity index is 1120. The number of dihydropyridines is 1. The third-order valence-electron chi connectivity index (χ3n) is 5.92. The third-order valence-corrected chi connectivity index (χ3v) is 5.92. The molecule has 2 aromatic carbocycles. The third kappa shape index (κ3) is 4.02. The molecule has 0 aromatic heterocycles. The Kier molecular flexibility index (Phi) is 5.72. The molecule has 2 N–H and O–H groups in total. The lowest BCUT2D eigenvalue weighted by molar-refractivity contribution is -0.116. The smallest absolute Gasteiger partial charge is 0.254 e. The lowest BCUT2D eigenvalue weighted by atomic mass is 9.75. The molecule has 1 aliphatic carbocycles. The number of nitrogens with one attached hydrogen (secondary N) is 2. The van der Waals surface area contributed by atoms with Gasteiger partial charge in [-0.15, -0.1) is 0 Å². The molecule has 0 spiro atoms. The van der Waals surface area contributed by atoms with Crippen LogP contribution < -0.4 is 10.6 Å². The number of hydrogen-bond acceptors (Lipinski definition) is 3. The van der Waals surface area contributed by atoms with E-state index in [1.54, 1.807) is 6.92 Å². The molecule has 0 fully saturated rings. The Morgan fingerprint density at radius 1 is 1.13 bits per heavy atom. The highest BCUT2D eigenvalue weighted by Gasteiger charge is 2.38. The second-order valence-electron chi connectivity index (χ2n) is 7.94. The maximum atomic E-state index is 14.2. The van der Waals surface area contributed by atoms with Crippen LogP contribution in [0.2, 0.25) is 0 Å². The number of Topliss-reactive ketones (excluding diaryl/α,β-unsaturated/α-hetero) is 1. The van der Waals surface area contributed by atoms with Crippen LogP contribution in [-0.4, -0.2) is 11.7 Å². The number of halogens is 2. The average molecular weight is 422 g/mol. The fraction of sp³-hybridized carbons (Fsp3) is 0.280. The maximum absolute atomic E-state index is 14.2. The predicted octanol–water partition coefficient (Wildman–Crippen LogP) is 5.13. The maximum Gasteiger partial charge on any atom is 0.254 e. The van der Waals surface area contributed by atoms with E-state index < -0.39 is 23.5 Å². The van der Waals surface area contributed by atoms with E-state index >= 15 is 0 Å². The van der Waals surface area contributed by atoms with Gasteiger partial charge in [0.2, 0.25) is 0 Å². The largest absolute Gasteiger partial charge is 0.362 e. The summed E-state index contributed by atoms with van der Waals surface area (Å²) in [5.74, 6) is -2.62. The van der Waals surface area contributed by atoms with Crippen molar-refractivity contribution in [3.05, 3.63) is 87.8 Å². The van der Waals surface area contributed by atoms with Gasteiger partial charge in [-0.2, -0.15) is 0 Å². The number of hydrogen-bond donors (Lipinski definition) is 2. The number of benzene rings is 2. The van der Waals surface area contributed by atoms with Crippen molar-refractivity contribution in [1.82, 2.24) is 5.32 Å². The number of aryl methyl sites for hydroxylation is 1. The van der Waals surface area contributed by atoms with Crippen molar-refractivity contribution in [2.75, 3.05) is 5.32 Å². The Balaban J connectivity index is 1.77. The molecule has 1 atom stereocenters. The van der Waals surface area contributed by atoms with Crippen LogP contribution in [0.3, 0.4) is 0 Å². The van der Waals surface area contributed by atoms with Crippen molar-refractivity contribution in [2.24, 2.45) is 0 Å². The number of rotatable bonds is 4. The molecule has 0 saturated heterocycles. The van der Waals surface area contributed by atoms with Crippen molar-refractivity contribution in [3.8, 4) is 0 Å². The van der Waals surface area contributed by atoms with E-state index in [-0.39, 0.29) is 11.5 Å². The molecule has 1 heterocycles. The molecule has 0 saturated carbocycles. The zero-order valence-electron chi connectivity index (χ0n) is 17.5. The topological polar surface area (TPSA) is 58.2 Å². The van der Waals surface area contributed by atoms with Crippen molar-refractivity contribution in [2.45, 2.75) is 45.4 Å². The lowest BCUT2D eigenvalue weighted by Crippen LogP contribution is -2.35. The van der Waals surface area contributed by atoms with Crippen LogP contribution in [0, 0.1) is 11.6 Å². The van der Waals surface area contributed by atoms with Crippen molar-refractivity contribution < 1.29 is 18.4 Å². The Morgan fingerprint density at radius 2 is 1.87 bits per heavy atom. The first-order valence-corrected chi connectivity index (χ1v) is 10.5. The second kappa shape index (κ2) is 8.46.